The molecule has 32 heavy (non-hydrogen) atoms. The molecule has 1 heterocycles. The highest BCUT2D eigenvalue weighted by Gasteiger charge is 2.55. The number of rotatable bonds is 6. The molecule has 2 aliphatic carbocycles. The standard InChI is InChI=1S/C25H26N2O5/c28-22(29)14-16-6-5-13-27(16)23(30)25(11-12-25)26-24(31)32-15-21-19-9-3-1-7-17(19)18-8-2-4-10-20(18)21/h1-4,7-10,16,21H,5-6,11-15H2,(H,26,31)(H,28,29). The summed E-state index contributed by atoms with van der Waals surface area (Å²) in [6.45, 7) is 0.723. The number of carbonyl (C=O) groups excluding carboxylic acids is 2. The molecule has 1 saturated heterocycles. The highest BCUT2D eigenvalue weighted by Crippen LogP contribution is 2.45. The summed E-state index contributed by atoms with van der Waals surface area (Å²) in [5.74, 6) is -1.14. The van der Waals surface area contributed by atoms with E-state index in [1.807, 2.05) is 24.3 Å². The Bertz CT molecular complexity index is 1030. The minimum absolute atomic E-state index is 0.0440. The van der Waals surface area contributed by atoms with Gasteiger partial charge in [0.25, 0.3) is 0 Å². The van der Waals surface area contributed by atoms with E-state index in [4.69, 9.17) is 9.84 Å². The molecular weight excluding hydrogens is 408 g/mol. The molecule has 2 N–H and O–H groups in total. The number of carbonyl (C=O) groups is 3. The molecule has 2 amide bonds. The second-order valence-electron chi connectivity index (χ2n) is 8.93. The van der Waals surface area contributed by atoms with Gasteiger partial charge in [0.05, 0.1) is 6.42 Å². The maximum atomic E-state index is 13.1. The highest BCUT2D eigenvalue weighted by atomic mass is 16.5. The Kier molecular flexibility index (Phi) is 5.12. The molecule has 7 nitrogen and oxygen atoms in total. The van der Waals surface area contributed by atoms with Crippen LogP contribution in [0.2, 0.25) is 0 Å². The lowest BCUT2D eigenvalue weighted by Crippen LogP contribution is -2.52. The summed E-state index contributed by atoms with van der Waals surface area (Å²) < 4.78 is 5.60. The summed E-state index contributed by atoms with van der Waals surface area (Å²) in [5, 5.41) is 11.9. The van der Waals surface area contributed by atoms with Crippen molar-refractivity contribution >= 4 is 18.0 Å². The smallest absolute Gasteiger partial charge is 0.408 e. The largest absolute Gasteiger partial charge is 0.481 e. The van der Waals surface area contributed by atoms with E-state index in [0.717, 1.165) is 28.7 Å². The van der Waals surface area contributed by atoms with Crippen LogP contribution in [0, 0.1) is 0 Å². The average Bonchev–Trinajstić information content (AvgIpc) is 3.30. The Balaban J connectivity index is 1.24. The van der Waals surface area contributed by atoms with Gasteiger partial charge in [0.1, 0.15) is 12.1 Å². The number of likely N-dealkylation sites (tertiary alicyclic amines) is 1. The number of benzene rings is 2. The maximum absolute atomic E-state index is 13.1. The van der Waals surface area contributed by atoms with Crippen LogP contribution in [0.15, 0.2) is 48.5 Å². The van der Waals surface area contributed by atoms with Gasteiger partial charge < -0.3 is 20.1 Å². The molecule has 2 fully saturated rings. The van der Waals surface area contributed by atoms with Gasteiger partial charge in [-0.05, 0) is 47.9 Å². The predicted octanol–water partition coefficient (Wildman–Crippen LogP) is 3.52. The van der Waals surface area contributed by atoms with Gasteiger partial charge in [-0.15, -0.1) is 0 Å². The molecular formula is C25H26N2O5. The van der Waals surface area contributed by atoms with Crippen molar-refractivity contribution < 1.29 is 24.2 Å². The third kappa shape index (κ3) is 3.61. The molecule has 5 rings (SSSR count). The Morgan fingerprint density at radius 1 is 1.03 bits per heavy atom. The fourth-order valence-corrected chi connectivity index (χ4v) is 5.14. The Morgan fingerprint density at radius 3 is 2.25 bits per heavy atom. The number of carboxylic acid groups (broad SMARTS) is 1. The molecule has 7 heteroatoms. The van der Waals surface area contributed by atoms with E-state index in [9.17, 15) is 14.4 Å². The monoisotopic (exact) mass is 434 g/mol. The number of amides is 2. The van der Waals surface area contributed by atoms with Gasteiger partial charge in [0.2, 0.25) is 5.91 Å². The Morgan fingerprint density at radius 2 is 1.66 bits per heavy atom. The molecule has 3 aliphatic rings. The number of nitrogens with one attached hydrogen (secondary N) is 1. The number of alkyl carbamates (subject to hydrolysis) is 1. The second-order valence-corrected chi connectivity index (χ2v) is 8.93. The fraction of sp³-hybridized carbons (Fsp3) is 0.400. The number of aliphatic carboxylic acids is 1. The first-order valence-corrected chi connectivity index (χ1v) is 11.1. The van der Waals surface area contributed by atoms with Gasteiger partial charge in [0.15, 0.2) is 0 Å². The molecule has 0 radical (unpaired) electrons. The zero-order valence-corrected chi connectivity index (χ0v) is 17.8. The van der Waals surface area contributed by atoms with Crippen LogP contribution in [0.25, 0.3) is 11.1 Å². The van der Waals surface area contributed by atoms with Gasteiger partial charge in [-0.3, -0.25) is 9.59 Å². The summed E-state index contributed by atoms with van der Waals surface area (Å²) in [6.07, 6.45) is 1.89. The van der Waals surface area contributed by atoms with Gasteiger partial charge in [0, 0.05) is 18.5 Å². The van der Waals surface area contributed by atoms with Crippen LogP contribution in [-0.2, 0) is 14.3 Å². The molecule has 1 unspecified atom stereocenters. The van der Waals surface area contributed by atoms with E-state index in [0.29, 0.717) is 25.8 Å². The Labute approximate surface area is 186 Å². The third-order valence-corrected chi connectivity index (χ3v) is 6.89. The summed E-state index contributed by atoms with van der Waals surface area (Å²) in [5.41, 5.74) is 3.62. The number of hydrogen-bond acceptors (Lipinski definition) is 4. The number of hydrogen-bond donors (Lipinski definition) is 2. The molecule has 1 atom stereocenters. The maximum Gasteiger partial charge on any atom is 0.408 e. The van der Waals surface area contributed by atoms with Gasteiger partial charge in [-0.1, -0.05) is 48.5 Å². The lowest BCUT2D eigenvalue weighted by Gasteiger charge is -2.28. The van der Waals surface area contributed by atoms with Crippen molar-refractivity contribution in [2.24, 2.45) is 0 Å². The zero-order chi connectivity index (χ0) is 22.3. The number of nitrogens with zero attached hydrogens (tertiary/aromatic N) is 1. The van der Waals surface area contributed by atoms with Crippen molar-refractivity contribution in [2.45, 2.75) is 49.6 Å². The van der Waals surface area contributed by atoms with Crippen molar-refractivity contribution in [1.82, 2.24) is 10.2 Å². The first-order chi connectivity index (χ1) is 15.5. The van der Waals surface area contributed by atoms with Crippen molar-refractivity contribution in [1.29, 1.82) is 0 Å². The lowest BCUT2D eigenvalue weighted by molar-refractivity contribution is -0.141. The van der Waals surface area contributed by atoms with E-state index in [1.54, 1.807) is 4.90 Å². The van der Waals surface area contributed by atoms with Crippen LogP contribution < -0.4 is 5.32 Å². The predicted molar refractivity (Wildman–Crippen MR) is 117 cm³/mol. The van der Waals surface area contributed by atoms with E-state index >= 15 is 0 Å². The number of fused-ring (bicyclic) bond motifs is 3. The summed E-state index contributed by atoms with van der Waals surface area (Å²) in [7, 11) is 0. The summed E-state index contributed by atoms with van der Waals surface area (Å²) in [6, 6.07) is 16.0. The average molecular weight is 434 g/mol. The van der Waals surface area contributed by atoms with Crippen molar-refractivity contribution in [2.75, 3.05) is 13.2 Å². The minimum Gasteiger partial charge on any atom is -0.481 e. The number of carboxylic acids is 1. The molecule has 0 bridgehead atoms. The van der Waals surface area contributed by atoms with E-state index in [-0.39, 0.29) is 30.9 Å². The minimum atomic E-state index is -0.955. The van der Waals surface area contributed by atoms with Crippen LogP contribution in [-0.4, -0.2) is 52.7 Å². The number of ether oxygens (including phenoxy) is 1. The lowest BCUT2D eigenvalue weighted by atomic mass is 9.98. The van der Waals surface area contributed by atoms with Crippen LogP contribution in [0.3, 0.4) is 0 Å². The first-order valence-electron chi connectivity index (χ1n) is 11.1. The first kappa shape index (κ1) is 20.5. The van der Waals surface area contributed by atoms with Crippen LogP contribution in [0.4, 0.5) is 4.79 Å². The van der Waals surface area contributed by atoms with Crippen LogP contribution in [0.5, 0.6) is 0 Å². The molecule has 166 valence electrons. The van der Waals surface area contributed by atoms with Crippen LogP contribution in [0.1, 0.15) is 49.1 Å². The topological polar surface area (TPSA) is 95.9 Å². The van der Waals surface area contributed by atoms with E-state index in [2.05, 4.69) is 29.6 Å². The van der Waals surface area contributed by atoms with E-state index < -0.39 is 17.6 Å². The van der Waals surface area contributed by atoms with Crippen molar-refractivity contribution in [3.8, 4) is 11.1 Å². The van der Waals surface area contributed by atoms with E-state index in [1.165, 1.54) is 0 Å². The molecule has 1 aliphatic heterocycles. The third-order valence-electron chi connectivity index (χ3n) is 6.89. The quantitative estimate of drug-likeness (QED) is 0.725. The van der Waals surface area contributed by atoms with Gasteiger partial charge in [-0.2, -0.15) is 0 Å². The molecule has 0 spiro atoms. The molecule has 1 saturated carbocycles. The van der Waals surface area contributed by atoms with Gasteiger partial charge >= 0.3 is 12.1 Å². The second kappa shape index (κ2) is 7.97. The molecule has 2 aromatic carbocycles. The zero-order valence-electron chi connectivity index (χ0n) is 17.8. The highest BCUT2D eigenvalue weighted by molar-refractivity contribution is 5.93. The summed E-state index contributed by atoms with van der Waals surface area (Å²) in [4.78, 5) is 38.5. The van der Waals surface area contributed by atoms with Crippen molar-refractivity contribution in [3.05, 3.63) is 59.7 Å². The Hall–Kier alpha value is -3.35. The molecule has 0 aromatic heterocycles. The fourth-order valence-electron chi connectivity index (χ4n) is 5.14. The normalized spacial score (nSPS) is 20.4. The SMILES string of the molecule is O=C(O)CC1CCCN1C(=O)C1(NC(=O)OCC2c3ccccc3-c3ccccc32)CC1. The molecule has 2 aromatic rings. The van der Waals surface area contributed by atoms with Gasteiger partial charge in [-0.25, -0.2) is 4.79 Å². The van der Waals surface area contributed by atoms with Crippen LogP contribution >= 0.6 is 0 Å². The van der Waals surface area contributed by atoms with Crippen molar-refractivity contribution in [3.63, 3.8) is 0 Å². The summed E-state index contributed by atoms with van der Waals surface area (Å²) >= 11 is 0.